The highest BCUT2D eigenvalue weighted by molar-refractivity contribution is 14.1. The third-order valence-corrected chi connectivity index (χ3v) is 5.34. The third-order valence-electron chi connectivity index (χ3n) is 3.09. The molecule has 19 heavy (non-hydrogen) atoms. The molecule has 2 rings (SSSR count). The normalized spacial score (nSPS) is 12.5. The monoisotopic (exact) mass is 494 g/mol. The van der Waals surface area contributed by atoms with Crippen molar-refractivity contribution < 1.29 is 5.11 Å². The molecule has 1 N–H and O–H groups in total. The number of aryl methyl sites for hydroxylation is 2. The highest BCUT2D eigenvalue weighted by atomic mass is 127. The quantitative estimate of drug-likeness (QED) is 0.544. The average Bonchev–Trinajstić information content (AvgIpc) is 2.36. The summed E-state index contributed by atoms with van der Waals surface area (Å²) in [5, 5.41) is 10.6. The molecule has 1 unspecified atom stereocenters. The molecule has 0 aromatic heterocycles. The second-order valence-electron chi connectivity index (χ2n) is 4.53. The molecule has 1 nitrogen and oxygen atoms in total. The van der Waals surface area contributed by atoms with E-state index >= 15 is 0 Å². The Morgan fingerprint density at radius 3 is 2.32 bits per heavy atom. The third kappa shape index (κ3) is 3.40. The van der Waals surface area contributed by atoms with Crippen molar-refractivity contribution in [2.45, 2.75) is 20.0 Å². The number of rotatable bonds is 2. The number of aliphatic hydroxyl groups is 1. The molecule has 0 aliphatic rings. The Labute approximate surface area is 143 Å². The van der Waals surface area contributed by atoms with Gasteiger partial charge in [-0.15, -0.1) is 0 Å². The van der Waals surface area contributed by atoms with Gasteiger partial charge in [-0.05, 0) is 77.4 Å². The maximum Gasteiger partial charge on any atom is 0.105 e. The highest BCUT2D eigenvalue weighted by Crippen LogP contribution is 2.33. The molecule has 2 aromatic carbocycles. The summed E-state index contributed by atoms with van der Waals surface area (Å²) in [6.07, 6.45) is -0.615. The van der Waals surface area contributed by atoms with E-state index in [1.54, 1.807) is 0 Å². The summed E-state index contributed by atoms with van der Waals surface area (Å²) in [6, 6.07) is 10.1. The van der Waals surface area contributed by atoms with Crippen molar-refractivity contribution in [2.24, 2.45) is 0 Å². The van der Waals surface area contributed by atoms with Crippen LogP contribution in [0.5, 0.6) is 0 Å². The van der Waals surface area contributed by atoms with Gasteiger partial charge in [0, 0.05) is 18.1 Å². The molecule has 2 aromatic rings. The van der Waals surface area contributed by atoms with Gasteiger partial charge < -0.3 is 5.11 Å². The minimum Gasteiger partial charge on any atom is -0.384 e. The van der Waals surface area contributed by atoms with Crippen molar-refractivity contribution >= 4 is 54.5 Å². The predicted molar refractivity (Wildman–Crippen MR) is 94.5 cm³/mol. The van der Waals surface area contributed by atoms with Gasteiger partial charge in [-0.25, -0.2) is 0 Å². The fraction of sp³-hybridized carbons (Fsp3) is 0.200. The molecule has 0 aliphatic heterocycles. The lowest BCUT2D eigenvalue weighted by atomic mass is 9.96. The van der Waals surface area contributed by atoms with Crippen LogP contribution in [0.4, 0.5) is 0 Å². The smallest absolute Gasteiger partial charge is 0.105 e. The Hall–Kier alpha value is 0.0900. The zero-order valence-corrected chi connectivity index (χ0v) is 15.9. The van der Waals surface area contributed by atoms with Gasteiger partial charge in [0.1, 0.15) is 6.10 Å². The molecule has 0 saturated carbocycles. The highest BCUT2D eigenvalue weighted by Gasteiger charge is 2.17. The van der Waals surface area contributed by atoms with Gasteiger partial charge in [0.15, 0.2) is 0 Å². The van der Waals surface area contributed by atoms with E-state index in [9.17, 15) is 5.11 Å². The molecule has 0 amide bonds. The molecule has 0 aliphatic carbocycles. The Kier molecular flexibility index (Phi) is 5.09. The van der Waals surface area contributed by atoms with Crippen molar-refractivity contribution in [2.75, 3.05) is 0 Å². The SMILES string of the molecule is Cc1cc(C(O)c2cc(I)ccc2Br)c(C)cc1Br. The summed E-state index contributed by atoms with van der Waals surface area (Å²) in [5.74, 6) is 0. The first-order valence-electron chi connectivity index (χ1n) is 5.80. The van der Waals surface area contributed by atoms with Crippen LogP contribution in [0.2, 0.25) is 0 Å². The summed E-state index contributed by atoms with van der Waals surface area (Å²) >= 11 is 9.29. The van der Waals surface area contributed by atoms with Crippen LogP contribution in [-0.2, 0) is 0 Å². The van der Waals surface area contributed by atoms with Gasteiger partial charge >= 0.3 is 0 Å². The second kappa shape index (κ2) is 6.24. The zero-order valence-electron chi connectivity index (χ0n) is 10.5. The molecule has 0 radical (unpaired) electrons. The van der Waals surface area contributed by atoms with E-state index in [1.807, 2.05) is 38.1 Å². The average molecular weight is 496 g/mol. The largest absolute Gasteiger partial charge is 0.384 e. The van der Waals surface area contributed by atoms with Crippen LogP contribution < -0.4 is 0 Å². The minimum atomic E-state index is -0.615. The number of halogens is 3. The van der Waals surface area contributed by atoms with Crippen molar-refractivity contribution in [1.82, 2.24) is 0 Å². The number of hydrogen-bond acceptors (Lipinski definition) is 1. The summed E-state index contributed by atoms with van der Waals surface area (Å²) in [6.45, 7) is 4.05. The first-order valence-corrected chi connectivity index (χ1v) is 8.46. The fourth-order valence-corrected chi connectivity index (χ4v) is 3.43. The number of aliphatic hydroxyl groups excluding tert-OH is 1. The molecule has 0 heterocycles. The first-order chi connectivity index (χ1) is 8.90. The number of hydrogen-bond donors (Lipinski definition) is 1. The van der Waals surface area contributed by atoms with Crippen LogP contribution in [0.15, 0.2) is 39.3 Å². The summed E-state index contributed by atoms with van der Waals surface area (Å²) in [7, 11) is 0. The summed E-state index contributed by atoms with van der Waals surface area (Å²) in [5.41, 5.74) is 4.05. The maximum absolute atomic E-state index is 10.6. The first kappa shape index (κ1) is 15.5. The van der Waals surface area contributed by atoms with E-state index in [0.717, 1.165) is 34.8 Å². The predicted octanol–water partition coefficient (Wildman–Crippen LogP) is 5.51. The lowest BCUT2D eigenvalue weighted by Gasteiger charge is -2.17. The van der Waals surface area contributed by atoms with E-state index < -0.39 is 6.10 Å². The molecule has 0 bridgehead atoms. The van der Waals surface area contributed by atoms with E-state index in [0.29, 0.717) is 0 Å². The molecular formula is C15H13Br2IO. The lowest BCUT2D eigenvalue weighted by Crippen LogP contribution is -2.04. The topological polar surface area (TPSA) is 20.2 Å². The van der Waals surface area contributed by atoms with E-state index in [-0.39, 0.29) is 0 Å². The molecule has 0 spiro atoms. The maximum atomic E-state index is 10.6. The lowest BCUT2D eigenvalue weighted by molar-refractivity contribution is 0.218. The van der Waals surface area contributed by atoms with E-state index in [2.05, 4.69) is 60.5 Å². The van der Waals surface area contributed by atoms with Crippen molar-refractivity contribution in [3.05, 3.63) is 65.1 Å². The van der Waals surface area contributed by atoms with Crippen molar-refractivity contribution in [3.8, 4) is 0 Å². The Morgan fingerprint density at radius 2 is 1.63 bits per heavy atom. The van der Waals surface area contributed by atoms with Gasteiger partial charge in [0.05, 0.1) is 0 Å². The Bertz CT molecular complexity index is 626. The van der Waals surface area contributed by atoms with Crippen molar-refractivity contribution in [1.29, 1.82) is 0 Å². The fourth-order valence-electron chi connectivity index (χ4n) is 1.99. The molecule has 4 heteroatoms. The van der Waals surface area contributed by atoms with E-state index in [1.165, 1.54) is 0 Å². The molecule has 0 saturated heterocycles. The van der Waals surface area contributed by atoms with Crippen LogP contribution in [0.3, 0.4) is 0 Å². The van der Waals surface area contributed by atoms with Gasteiger partial charge in [-0.2, -0.15) is 0 Å². The minimum absolute atomic E-state index is 0.615. The Balaban J connectivity index is 2.52. The summed E-state index contributed by atoms with van der Waals surface area (Å²) < 4.78 is 3.12. The molecule has 0 fully saturated rings. The van der Waals surface area contributed by atoms with Gasteiger partial charge in [0.2, 0.25) is 0 Å². The van der Waals surface area contributed by atoms with Gasteiger partial charge in [-0.1, -0.05) is 37.9 Å². The van der Waals surface area contributed by atoms with Crippen LogP contribution >= 0.6 is 54.5 Å². The van der Waals surface area contributed by atoms with Crippen LogP contribution in [-0.4, -0.2) is 5.11 Å². The number of benzene rings is 2. The van der Waals surface area contributed by atoms with Gasteiger partial charge in [-0.3, -0.25) is 0 Å². The van der Waals surface area contributed by atoms with Crippen LogP contribution in [0.1, 0.15) is 28.4 Å². The molecule has 1 atom stereocenters. The standard InChI is InChI=1S/C15H13Br2IO/c1-8-6-14(17)9(2)5-11(8)15(19)12-7-10(18)3-4-13(12)16/h3-7,15,19H,1-2H3. The van der Waals surface area contributed by atoms with Crippen LogP contribution in [0.25, 0.3) is 0 Å². The van der Waals surface area contributed by atoms with Crippen molar-refractivity contribution in [3.63, 3.8) is 0 Å². The molecule has 100 valence electrons. The van der Waals surface area contributed by atoms with E-state index in [4.69, 9.17) is 0 Å². The molecular weight excluding hydrogens is 483 g/mol. The Morgan fingerprint density at radius 1 is 0.947 bits per heavy atom. The van der Waals surface area contributed by atoms with Gasteiger partial charge in [0.25, 0.3) is 0 Å². The second-order valence-corrected chi connectivity index (χ2v) is 7.48. The van der Waals surface area contributed by atoms with Crippen LogP contribution in [0, 0.1) is 17.4 Å². The summed E-state index contributed by atoms with van der Waals surface area (Å²) in [4.78, 5) is 0. The zero-order chi connectivity index (χ0) is 14.2.